The largest absolute Gasteiger partial charge is 0.493 e. The summed E-state index contributed by atoms with van der Waals surface area (Å²) in [6.07, 6.45) is 3.06. The summed E-state index contributed by atoms with van der Waals surface area (Å²) >= 11 is 6.76. The number of aliphatic carboxylic acids is 1. The fraction of sp³-hybridized carbons (Fsp3) is 0.405. The van der Waals surface area contributed by atoms with Gasteiger partial charge in [-0.3, -0.25) is 15.1 Å². The minimum absolute atomic E-state index is 0.0136. The van der Waals surface area contributed by atoms with Crippen LogP contribution in [0.2, 0.25) is 5.02 Å². The van der Waals surface area contributed by atoms with Gasteiger partial charge in [-0.2, -0.15) is 5.26 Å². The second kappa shape index (κ2) is 17.8. The quantitative estimate of drug-likeness (QED) is 0.0945. The highest BCUT2D eigenvalue weighted by molar-refractivity contribution is 6.32. The number of nitrogens with zero attached hydrogens (tertiary/aromatic N) is 3. The zero-order valence-electron chi connectivity index (χ0n) is 30.9. The Morgan fingerprint density at radius 1 is 1.09 bits per heavy atom. The highest BCUT2D eigenvalue weighted by Gasteiger charge is 2.37. The van der Waals surface area contributed by atoms with Gasteiger partial charge in [0.15, 0.2) is 6.10 Å². The molecule has 0 amide bonds. The van der Waals surface area contributed by atoms with Gasteiger partial charge in [-0.1, -0.05) is 41.9 Å². The lowest BCUT2D eigenvalue weighted by molar-refractivity contribution is -0.145. The monoisotopic (exact) mass is 772 g/mol. The molecule has 0 spiro atoms. The Morgan fingerprint density at radius 2 is 1.85 bits per heavy atom. The molecule has 0 saturated carbocycles. The highest BCUT2D eigenvalue weighted by Crippen LogP contribution is 2.45. The molecule has 1 unspecified atom stereocenters. The first-order valence-corrected chi connectivity index (χ1v) is 18.8. The Bertz CT molecular complexity index is 2040. The molecule has 1 aromatic heterocycles. The van der Waals surface area contributed by atoms with Crippen molar-refractivity contribution in [2.24, 2.45) is 0 Å². The Balaban J connectivity index is 1.22. The second-order valence-electron chi connectivity index (χ2n) is 14.4. The molecule has 1 aliphatic heterocycles. The average Bonchev–Trinajstić information content (AvgIpc) is 3.51. The minimum Gasteiger partial charge on any atom is -0.493 e. The topological polar surface area (TPSA) is 157 Å². The van der Waals surface area contributed by atoms with Gasteiger partial charge >= 0.3 is 5.97 Å². The number of nitriles is 1. The van der Waals surface area contributed by atoms with Crippen LogP contribution < -0.4 is 19.5 Å². The standard InChI is InChI=1S/C42H46ClFN4O7/c1-26-31(6-4-9-37(26)53-15-5-12-48-13-10-30(50)11-14-48)32-7-3-8-33-34(32)18-36(44)40(33)55-39-19-38(54-24-28-16-27(20-45)21-46-22-28)29(17-35(39)43)23-47-42(2,25-49)41(51)52/h3-4,6-9,16-17,19,21-22,30,36,40,47,49-50H,5,10-15,18,23-25H2,1-2H3,(H,51,52)/t36-,40+,42?/m0/s1. The predicted octanol–water partition coefficient (Wildman–Crippen LogP) is 6.33. The number of alkyl halides is 1. The SMILES string of the molecule is Cc1c(OCCCN2CCC(O)CC2)cccc1-c1cccc2c1C[C@H](F)[C@@H]2Oc1cc(OCc2cncc(C#N)c2)c(CNC(C)(CO)C(=O)O)cc1Cl. The van der Waals surface area contributed by atoms with E-state index in [1.807, 2.05) is 49.4 Å². The first kappa shape index (κ1) is 39.9. The molecule has 6 rings (SSSR count). The third kappa shape index (κ3) is 9.37. The number of halogens is 2. The molecule has 11 nitrogen and oxygen atoms in total. The maximum atomic E-state index is 16.1. The molecule has 0 bridgehead atoms. The van der Waals surface area contributed by atoms with Crippen LogP contribution in [0.1, 0.15) is 65.7 Å². The van der Waals surface area contributed by atoms with Crippen LogP contribution in [0.3, 0.4) is 0 Å². The summed E-state index contributed by atoms with van der Waals surface area (Å²) in [5, 5.41) is 41.6. The molecule has 1 fully saturated rings. The zero-order valence-corrected chi connectivity index (χ0v) is 31.7. The van der Waals surface area contributed by atoms with Crippen LogP contribution in [0, 0.1) is 18.3 Å². The lowest BCUT2D eigenvalue weighted by Gasteiger charge is -2.29. The number of aromatic nitrogens is 1. The van der Waals surface area contributed by atoms with Crippen LogP contribution in [-0.4, -0.2) is 81.8 Å². The summed E-state index contributed by atoms with van der Waals surface area (Å²) in [4.78, 5) is 18.3. The van der Waals surface area contributed by atoms with Crippen molar-refractivity contribution >= 4 is 17.6 Å². The first-order chi connectivity index (χ1) is 26.5. The Kier molecular flexibility index (Phi) is 12.9. The fourth-order valence-electron chi connectivity index (χ4n) is 7.02. The summed E-state index contributed by atoms with van der Waals surface area (Å²) in [6.45, 7) is 5.95. The van der Waals surface area contributed by atoms with Crippen molar-refractivity contribution in [3.05, 3.63) is 105 Å². The smallest absolute Gasteiger partial charge is 0.326 e. The number of piperidine rings is 1. The maximum absolute atomic E-state index is 16.1. The molecule has 4 N–H and O–H groups in total. The number of nitrogens with one attached hydrogen (secondary N) is 1. The number of carboxylic acids is 1. The van der Waals surface area contributed by atoms with Crippen molar-refractivity contribution < 1.29 is 38.7 Å². The normalized spacial score (nSPS) is 18.3. The fourth-order valence-corrected chi connectivity index (χ4v) is 7.25. The molecule has 55 heavy (non-hydrogen) atoms. The van der Waals surface area contributed by atoms with Gasteiger partial charge in [0, 0.05) is 62.2 Å². The van der Waals surface area contributed by atoms with Gasteiger partial charge in [0.2, 0.25) is 0 Å². The van der Waals surface area contributed by atoms with E-state index in [9.17, 15) is 25.4 Å². The molecule has 290 valence electrons. The number of ether oxygens (including phenoxy) is 3. The number of hydrogen-bond acceptors (Lipinski definition) is 10. The number of fused-ring (bicyclic) bond motifs is 1. The number of carbonyl (C=O) groups is 1. The Labute approximate surface area is 325 Å². The number of aliphatic hydroxyl groups is 2. The highest BCUT2D eigenvalue weighted by atomic mass is 35.5. The van der Waals surface area contributed by atoms with Crippen LogP contribution in [0.25, 0.3) is 11.1 Å². The van der Waals surface area contributed by atoms with E-state index in [0.29, 0.717) is 28.9 Å². The van der Waals surface area contributed by atoms with Crippen LogP contribution >= 0.6 is 11.6 Å². The predicted molar refractivity (Wildman–Crippen MR) is 205 cm³/mol. The zero-order chi connectivity index (χ0) is 39.1. The van der Waals surface area contributed by atoms with E-state index in [1.54, 1.807) is 24.4 Å². The van der Waals surface area contributed by atoms with Gasteiger partial charge in [-0.15, -0.1) is 0 Å². The Hall–Kier alpha value is -4.77. The minimum atomic E-state index is -1.64. The third-order valence-corrected chi connectivity index (χ3v) is 10.7. The second-order valence-corrected chi connectivity index (χ2v) is 14.8. The molecule has 0 radical (unpaired) electrons. The van der Waals surface area contributed by atoms with E-state index < -0.39 is 30.4 Å². The van der Waals surface area contributed by atoms with Crippen molar-refractivity contribution in [3.8, 4) is 34.4 Å². The molecule has 4 aromatic rings. The molecule has 1 aliphatic carbocycles. The number of benzene rings is 3. The lowest BCUT2D eigenvalue weighted by Crippen LogP contribution is -2.52. The molecular weight excluding hydrogens is 727 g/mol. The van der Waals surface area contributed by atoms with Crippen molar-refractivity contribution in [3.63, 3.8) is 0 Å². The molecule has 13 heteroatoms. The van der Waals surface area contributed by atoms with Crippen molar-refractivity contribution in [1.82, 2.24) is 15.2 Å². The van der Waals surface area contributed by atoms with E-state index >= 15 is 4.39 Å². The van der Waals surface area contributed by atoms with E-state index in [2.05, 4.69) is 15.2 Å². The van der Waals surface area contributed by atoms with Gasteiger partial charge in [-0.05, 0) is 79.1 Å². The number of aliphatic hydroxyl groups excluding tert-OH is 2. The average molecular weight is 773 g/mol. The number of carboxylic acid groups (broad SMARTS) is 1. The van der Waals surface area contributed by atoms with Gasteiger partial charge in [0.05, 0.1) is 29.9 Å². The van der Waals surface area contributed by atoms with E-state index in [-0.39, 0.29) is 42.2 Å². The van der Waals surface area contributed by atoms with Gasteiger partial charge in [-0.25, -0.2) is 4.39 Å². The number of likely N-dealkylation sites (tertiary alicyclic amines) is 1. The molecule has 3 atom stereocenters. The molecule has 1 saturated heterocycles. The summed E-state index contributed by atoms with van der Waals surface area (Å²) in [7, 11) is 0. The van der Waals surface area contributed by atoms with Gasteiger partial charge in [0.25, 0.3) is 0 Å². The first-order valence-electron chi connectivity index (χ1n) is 18.4. The molecular formula is C42H46ClFN4O7. The van der Waals surface area contributed by atoms with E-state index in [1.165, 1.54) is 13.1 Å². The van der Waals surface area contributed by atoms with Gasteiger partial charge < -0.3 is 34.4 Å². The van der Waals surface area contributed by atoms with Crippen LogP contribution in [0.15, 0.2) is 67.0 Å². The van der Waals surface area contributed by atoms with Crippen molar-refractivity contribution in [2.45, 2.75) is 76.6 Å². The summed E-state index contributed by atoms with van der Waals surface area (Å²) < 4.78 is 34.8. The van der Waals surface area contributed by atoms with E-state index in [0.717, 1.165) is 66.9 Å². The summed E-state index contributed by atoms with van der Waals surface area (Å²) in [5.74, 6) is -0.00900. The van der Waals surface area contributed by atoms with Gasteiger partial charge in [0.1, 0.15) is 41.6 Å². The van der Waals surface area contributed by atoms with Crippen LogP contribution in [-0.2, 0) is 24.4 Å². The number of rotatable bonds is 16. The van der Waals surface area contributed by atoms with Crippen LogP contribution in [0.5, 0.6) is 17.2 Å². The summed E-state index contributed by atoms with van der Waals surface area (Å²) in [5.41, 5.74) is 4.15. The maximum Gasteiger partial charge on any atom is 0.326 e. The lowest BCUT2D eigenvalue weighted by atomic mass is 9.93. The van der Waals surface area contributed by atoms with Crippen molar-refractivity contribution in [2.75, 3.05) is 32.8 Å². The number of hydrogen-bond donors (Lipinski definition) is 4. The summed E-state index contributed by atoms with van der Waals surface area (Å²) in [6, 6.07) is 18.4. The molecule has 2 aliphatic rings. The number of pyridine rings is 1. The van der Waals surface area contributed by atoms with Crippen molar-refractivity contribution in [1.29, 1.82) is 5.26 Å². The Morgan fingerprint density at radius 3 is 2.60 bits per heavy atom. The molecule has 2 heterocycles. The van der Waals surface area contributed by atoms with Crippen LogP contribution in [0.4, 0.5) is 4.39 Å². The molecule has 3 aromatic carbocycles. The van der Waals surface area contributed by atoms with E-state index in [4.69, 9.17) is 25.8 Å². The third-order valence-electron chi connectivity index (χ3n) is 10.4.